The molecule has 1 atom stereocenters. The van der Waals surface area contributed by atoms with Crippen LogP contribution in [0.25, 0.3) is 0 Å². The fourth-order valence-corrected chi connectivity index (χ4v) is 3.92. The first-order valence-electron chi connectivity index (χ1n) is 7.47. The molecule has 0 aliphatic carbocycles. The number of sulfonamides is 1. The number of carbonyl (C=O) groups excluding carboxylic acids is 2. The molecule has 2 aromatic rings. The third-order valence-electron chi connectivity index (χ3n) is 3.10. The summed E-state index contributed by atoms with van der Waals surface area (Å²) in [6.07, 6.45) is -1.16. The van der Waals surface area contributed by atoms with Crippen LogP contribution < -0.4 is 10.0 Å². The Labute approximate surface area is 150 Å². The number of hydrogen-bond acceptors (Lipinski definition) is 6. The molecule has 7 nitrogen and oxygen atoms in total. The zero-order chi connectivity index (χ0) is 18.3. The van der Waals surface area contributed by atoms with Crippen molar-refractivity contribution in [3.63, 3.8) is 0 Å². The molecular formula is C16H18N2O5S2. The molecule has 0 bridgehead atoms. The molecular weight excluding hydrogens is 364 g/mol. The van der Waals surface area contributed by atoms with Crippen LogP contribution in [0, 0.1) is 0 Å². The van der Waals surface area contributed by atoms with E-state index in [4.69, 9.17) is 4.74 Å². The van der Waals surface area contributed by atoms with Gasteiger partial charge in [0.1, 0.15) is 4.21 Å². The number of para-hydroxylation sites is 1. The second-order valence-corrected chi connectivity index (χ2v) is 8.01. The van der Waals surface area contributed by atoms with E-state index in [9.17, 15) is 18.0 Å². The SMILES string of the molecule is C[C@H](OC(=O)CCNS(=O)(=O)c1cccs1)C(=O)Nc1ccccc1. The quantitative estimate of drug-likeness (QED) is 0.680. The van der Waals surface area contributed by atoms with Crippen LogP contribution in [0.1, 0.15) is 13.3 Å². The van der Waals surface area contributed by atoms with Crippen LogP contribution in [0.5, 0.6) is 0 Å². The van der Waals surface area contributed by atoms with Gasteiger partial charge in [0.25, 0.3) is 5.91 Å². The largest absolute Gasteiger partial charge is 0.452 e. The summed E-state index contributed by atoms with van der Waals surface area (Å²) in [5.41, 5.74) is 0.596. The van der Waals surface area contributed by atoms with Gasteiger partial charge in [-0.2, -0.15) is 0 Å². The van der Waals surface area contributed by atoms with Crippen molar-refractivity contribution in [3.8, 4) is 0 Å². The van der Waals surface area contributed by atoms with Gasteiger partial charge in [-0.3, -0.25) is 9.59 Å². The minimum atomic E-state index is -3.62. The Morgan fingerprint density at radius 3 is 2.52 bits per heavy atom. The standard InChI is InChI=1S/C16H18N2O5S2/c1-12(16(20)18-13-6-3-2-4-7-13)23-14(19)9-10-17-25(21,22)15-8-5-11-24-15/h2-8,11-12,17H,9-10H2,1H3,(H,18,20)/t12-/m0/s1. The molecule has 1 aromatic heterocycles. The number of esters is 1. The summed E-state index contributed by atoms with van der Waals surface area (Å²) in [4.78, 5) is 23.7. The van der Waals surface area contributed by atoms with Gasteiger partial charge in [-0.25, -0.2) is 13.1 Å². The van der Waals surface area contributed by atoms with Crippen LogP contribution in [-0.2, 0) is 24.3 Å². The zero-order valence-corrected chi connectivity index (χ0v) is 15.1. The summed E-state index contributed by atoms with van der Waals surface area (Å²) in [7, 11) is -3.62. The van der Waals surface area contributed by atoms with Gasteiger partial charge in [0, 0.05) is 12.2 Å². The van der Waals surface area contributed by atoms with Crippen LogP contribution in [0.3, 0.4) is 0 Å². The van der Waals surface area contributed by atoms with Crippen molar-refractivity contribution in [2.24, 2.45) is 0 Å². The van der Waals surface area contributed by atoms with Crippen molar-refractivity contribution < 1.29 is 22.7 Å². The molecule has 25 heavy (non-hydrogen) atoms. The lowest BCUT2D eigenvalue weighted by Gasteiger charge is -2.13. The number of ether oxygens (including phenoxy) is 1. The highest BCUT2D eigenvalue weighted by Crippen LogP contribution is 2.15. The third kappa shape index (κ3) is 5.96. The van der Waals surface area contributed by atoms with Crippen LogP contribution in [-0.4, -0.2) is 32.9 Å². The molecule has 0 spiro atoms. The molecule has 0 fully saturated rings. The second kappa shape index (κ2) is 8.75. The molecule has 2 rings (SSSR count). The monoisotopic (exact) mass is 382 g/mol. The third-order valence-corrected chi connectivity index (χ3v) is 5.96. The van der Waals surface area contributed by atoms with E-state index in [0.717, 1.165) is 11.3 Å². The molecule has 0 radical (unpaired) electrons. The molecule has 9 heteroatoms. The predicted octanol–water partition coefficient (Wildman–Crippen LogP) is 1.99. The summed E-state index contributed by atoms with van der Waals surface area (Å²) in [6, 6.07) is 11.9. The smallest absolute Gasteiger partial charge is 0.307 e. The number of rotatable bonds is 8. The Kier molecular flexibility index (Phi) is 6.68. The Morgan fingerprint density at radius 2 is 1.88 bits per heavy atom. The van der Waals surface area contributed by atoms with E-state index in [1.165, 1.54) is 13.0 Å². The first-order chi connectivity index (χ1) is 11.9. The lowest BCUT2D eigenvalue weighted by molar-refractivity contribution is -0.152. The van der Waals surface area contributed by atoms with Crippen LogP contribution in [0.15, 0.2) is 52.1 Å². The molecule has 134 valence electrons. The zero-order valence-electron chi connectivity index (χ0n) is 13.5. The number of anilines is 1. The van der Waals surface area contributed by atoms with E-state index in [1.807, 2.05) is 6.07 Å². The van der Waals surface area contributed by atoms with Crippen molar-refractivity contribution in [1.82, 2.24) is 4.72 Å². The highest BCUT2D eigenvalue weighted by molar-refractivity contribution is 7.91. The molecule has 1 amide bonds. The number of thiophene rings is 1. The molecule has 0 saturated carbocycles. The van der Waals surface area contributed by atoms with E-state index < -0.39 is 28.0 Å². The number of amides is 1. The van der Waals surface area contributed by atoms with Gasteiger partial charge in [0.15, 0.2) is 6.10 Å². The minimum absolute atomic E-state index is 0.105. The molecule has 1 heterocycles. The average molecular weight is 382 g/mol. The normalized spacial score (nSPS) is 12.4. The minimum Gasteiger partial charge on any atom is -0.452 e. The predicted molar refractivity (Wildman–Crippen MR) is 94.8 cm³/mol. The van der Waals surface area contributed by atoms with Crippen LogP contribution >= 0.6 is 11.3 Å². The number of hydrogen-bond donors (Lipinski definition) is 2. The summed E-state index contributed by atoms with van der Waals surface area (Å²) >= 11 is 1.08. The highest BCUT2D eigenvalue weighted by atomic mass is 32.2. The van der Waals surface area contributed by atoms with Gasteiger partial charge >= 0.3 is 5.97 Å². The highest BCUT2D eigenvalue weighted by Gasteiger charge is 2.19. The number of nitrogens with one attached hydrogen (secondary N) is 2. The first-order valence-corrected chi connectivity index (χ1v) is 9.83. The van der Waals surface area contributed by atoms with Crippen molar-refractivity contribution in [3.05, 3.63) is 47.8 Å². The van der Waals surface area contributed by atoms with Gasteiger partial charge in [-0.15, -0.1) is 11.3 Å². The second-order valence-electron chi connectivity index (χ2n) is 5.07. The maximum Gasteiger partial charge on any atom is 0.307 e. The maximum atomic E-state index is 11.9. The molecule has 0 unspecified atom stereocenters. The van der Waals surface area contributed by atoms with E-state index >= 15 is 0 Å². The summed E-state index contributed by atoms with van der Waals surface area (Å²) < 4.78 is 31.3. The van der Waals surface area contributed by atoms with Crippen molar-refractivity contribution in [2.45, 2.75) is 23.7 Å². The van der Waals surface area contributed by atoms with E-state index in [-0.39, 0.29) is 17.2 Å². The number of carbonyl (C=O) groups is 2. The van der Waals surface area contributed by atoms with Gasteiger partial charge in [-0.1, -0.05) is 24.3 Å². The van der Waals surface area contributed by atoms with Crippen molar-refractivity contribution >= 4 is 38.9 Å². The Morgan fingerprint density at radius 1 is 1.16 bits per heavy atom. The molecule has 0 aliphatic heterocycles. The maximum absolute atomic E-state index is 11.9. The van der Waals surface area contributed by atoms with E-state index in [2.05, 4.69) is 10.0 Å². The van der Waals surface area contributed by atoms with Crippen LogP contribution in [0.2, 0.25) is 0 Å². The Bertz CT molecular complexity index is 804. The average Bonchev–Trinajstić information content (AvgIpc) is 3.11. The fourth-order valence-electron chi connectivity index (χ4n) is 1.85. The van der Waals surface area contributed by atoms with Gasteiger partial charge < -0.3 is 10.1 Å². The van der Waals surface area contributed by atoms with Gasteiger partial charge in [-0.05, 0) is 30.5 Å². The lowest BCUT2D eigenvalue weighted by Crippen LogP contribution is -2.31. The summed E-state index contributed by atoms with van der Waals surface area (Å²) in [5.74, 6) is -1.12. The van der Waals surface area contributed by atoms with Gasteiger partial charge in [0.2, 0.25) is 10.0 Å². The Balaban J connectivity index is 1.75. The van der Waals surface area contributed by atoms with Crippen LogP contribution in [0.4, 0.5) is 5.69 Å². The molecule has 0 aliphatic rings. The first kappa shape index (κ1) is 19.1. The van der Waals surface area contributed by atoms with Crippen molar-refractivity contribution in [2.75, 3.05) is 11.9 Å². The van der Waals surface area contributed by atoms with E-state index in [1.54, 1.807) is 35.7 Å². The molecule has 0 saturated heterocycles. The van der Waals surface area contributed by atoms with Gasteiger partial charge in [0.05, 0.1) is 6.42 Å². The Hall–Kier alpha value is -2.23. The molecule has 1 aromatic carbocycles. The fraction of sp³-hybridized carbons (Fsp3) is 0.250. The van der Waals surface area contributed by atoms with E-state index in [0.29, 0.717) is 5.69 Å². The number of benzene rings is 1. The summed E-state index contributed by atoms with van der Waals surface area (Å²) in [6.45, 7) is 1.35. The van der Waals surface area contributed by atoms with Crippen molar-refractivity contribution in [1.29, 1.82) is 0 Å². The molecule has 2 N–H and O–H groups in total. The summed E-state index contributed by atoms with van der Waals surface area (Å²) in [5, 5.41) is 4.27. The topological polar surface area (TPSA) is 102 Å². The lowest BCUT2D eigenvalue weighted by atomic mass is 10.3.